The van der Waals surface area contributed by atoms with E-state index in [0.717, 1.165) is 29.3 Å². The minimum atomic E-state index is -0.931. The lowest BCUT2D eigenvalue weighted by Gasteiger charge is -2.43. The third-order valence-corrected chi connectivity index (χ3v) is 7.32. The number of pyridine rings is 1. The topological polar surface area (TPSA) is 54.5 Å². The van der Waals surface area contributed by atoms with E-state index in [1.807, 2.05) is 35.2 Å². The van der Waals surface area contributed by atoms with Crippen LogP contribution in [0.2, 0.25) is 0 Å². The minimum Gasteiger partial charge on any atom is -0.365 e. The Labute approximate surface area is 190 Å². The van der Waals surface area contributed by atoms with E-state index < -0.39 is 23.2 Å². The molecule has 2 aliphatic heterocycles. The van der Waals surface area contributed by atoms with Crippen molar-refractivity contribution < 1.29 is 18.3 Å². The number of para-hydroxylation sites is 1. The van der Waals surface area contributed by atoms with E-state index in [0.29, 0.717) is 37.2 Å². The molecule has 1 aliphatic carbocycles. The number of carbonyl (C=O) groups is 1. The Morgan fingerprint density at radius 3 is 2.85 bits per heavy atom. The van der Waals surface area contributed by atoms with Gasteiger partial charge in [0.25, 0.3) is 0 Å². The molecule has 170 valence electrons. The Kier molecular flexibility index (Phi) is 4.92. The van der Waals surface area contributed by atoms with Crippen LogP contribution in [0.4, 0.5) is 8.78 Å². The fourth-order valence-electron chi connectivity index (χ4n) is 5.48. The molecule has 2 aromatic carbocycles. The van der Waals surface area contributed by atoms with Gasteiger partial charge in [0.15, 0.2) is 11.6 Å². The van der Waals surface area contributed by atoms with Gasteiger partial charge in [0.1, 0.15) is 5.60 Å². The molecule has 1 N–H and O–H groups in total. The van der Waals surface area contributed by atoms with E-state index >= 15 is 0 Å². The summed E-state index contributed by atoms with van der Waals surface area (Å²) in [7, 11) is 0. The number of fused-ring (bicyclic) bond motifs is 3. The number of aromatic nitrogens is 1. The standard InChI is InChI=1S/C26H25F2N3O2/c27-22-11-17-15-33-26(20(17)12-23(22)28)8-10-29-13-21(26)25(32)31(18-5-6-18)14-16-7-9-30-24-4-2-1-3-19(16)24/h1-4,7,9,11-12,18,21,29H,5-6,8,10,13-15H2/t21?,26-/m0/s1. The van der Waals surface area contributed by atoms with E-state index in [1.165, 1.54) is 12.1 Å². The van der Waals surface area contributed by atoms with Crippen LogP contribution in [0.1, 0.15) is 36.0 Å². The smallest absolute Gasteiger partial charge is 0.230 e. The summed E-state index contributed by atoms with van der Waals surface area (Å²) in [4.78, 5) is 20.5. The van der Waals surface area contributed by atoms with Crippen LogP contribution in [-0.2, 0) is 28.3 Å². The third kappa shape index (κ3) is 3.42. The Morgan fingerprint density at radius 1 is 1.18 bits per heavy atom. The number of hydrogen-bond donors (Lipinski definition) is 1. The quantitative estimate of drug-likeness (QED) is 0.653. The first-order chi connectivity index (χ1) is 16.1. The maximum atomic E-state index is 14.2. The summed E-state index contributed by atoms with van der Waals surface area (Å²) in [6.07, 6.45) is 4.26. The van der Waals surface area contributed by atoms with Gasteiger partial charge >= 0.3 is 0 Å². The molecule has 1 spiro atoms. The average Bonchev–Trinajstić information content (AvgIpc) is 3.63. The molecule has 2 atom stereocenters. The Balaban J connectivity index is 1.37. The van der Waals surface area contributed by atoms with Crippen molar-refractivity contribution in [3.63, 3.8) is 0 Å². The number of nitrogens with one attached hydrogen (secondary N) is 1. The summed E-state index contributed by atoms with van der Waals surface area (Å²) >= 11 is 0. The van der Waals surface area contributed by atoms with Crippen LogP contribution in [0.3, 0.4) is 0 Å². The Morgan fingerprint density at radius 2 is 2.00 bits per heavy atom. The maximum Gasteiger partial charge on any atom is 0.230 e. The van der Waals surface area contributed by atoms with Gasteiger partial charge in [0, 0.05) is 30.7 Å². The van der Waals surface area contributed by atoms with Crippen molar-refractivity contribution in [3.05, 3.63) is 77.0 Å². The highest BCUT2D eigenvalue weighted by molar-refractivity contribution is 5.84. The molecule has 1 amide bonds. The molecular weight excluding hydrogens is 424 g/mol. The summed E-state index contributed by atoms with van der Waals surface area (Å²) in [5.74, 6) is -2.28. The number of amides is 1. The van der Waals surface area contributed by atoms with Gasteiger partial charge in [-0.1, -0.05) is 18.2 Å². The molecule has 1 unspecified atom stereocenters. The Bertz CT molecular complexity index is 1240. The monoisotopic (exact) mass is 449 g/mol. The van der Waals surface area contributed by atoms with E-state index in [2.05, 4.69) is 10.3 Å². The number of rotatable bonds is 4. The van der Waals surface area contributed by atoms with Crippen LogP contribution in [0.25, 0.3) is 10.9 Å². The number of nitrogens with zero attached hydrogens (tertiary/aromatic N) is 2. The number of benzene rings is 2. The summed E-state index contributed by atoms with van der Waals surface area (Å²) in [5.41, 5.74) is 2.27. The third-order valence-electron chi connectivity index (χ3n) is 7.32. The first-order valence-corrected chi connectivity index (χ1v) is 11.5. The number of carbonyl (C=O) groups excluding carboxylic acids is 1. The first-order valence-electron chi connectivity index (χ1n) is 11.5. The van der Waals surface area contributed by atoms with Crippen LogP contribution < -0.4 is 5.32 Å². The van der Waals surface area contributed by atoms with Gasteiger partial charge in [-0.3, -0.25) is 9.78 Å². The molecule has 1 aromatic heterocycles. The van der Waals surface area contributed by atoms with Gasteiger partial charge in [0.2, 0.25) is 5.91 Å². The van der Waals surface area contributed by atoms with Crippen molar-refractivity contribution in [2.75, 3.05) is 13.1 Å². The van der Waals surface area contributed by atoms with Crippen molar-refractivity contribution in [1.82, 2.24) is 15.2 Å². The van der Waals surface area contributed by atoms with Gasteiger partial charge in [-0.25, -0.2) is 8.78 Å². The van der Waals surface area contributed by atoms with Gasteiger partial charge < -0.3 is 15.0 Å². The van der Waals surface area contributed by atoms with Crippen LogP contribution in [0, 0.1) is 17.6 Å². The fourth-order valence-corrected chi connectivity index (χ4v) is 5.48. The highest BCUT2D eigenvalue weighted by Gasteiger charge is 2.53. The summed E-state index contributed by atoms with van der Waals surface area (Å²) < 4.78 is 34.3. The van der Waals surface area contributed by atoms with E-state index in [9.17, 15) is 13.6 Å². The predicted octanol–water partition coefficient (Wildman–Crippen LogP) is 4.04. The molecule has 5 nitrogen and oxygen atoms in total. The van der Waals surface area contributed by atoms with Gasteiger partial charge in [-0.2, -0.15) is 0 Å². The highest BCUT2D eigenvalue weighted by atomic mass is 19.2. The molecule has 0 radical (unpaired) electrons. The molecule has 3 heterocycles. The number of hydrogen-bond acceptors (Lipinski definition) is 4. The average molecular weight is 450 g/mol. The SMILES string of the molecule is O=C(C1CNCC[C@@]12OCc1cc(F)c(F)cc12)N(Cc1ccnc2ccccc12)C1CC1. The summed E-state index contributed by atoms with van der Waals surface area (Å²) in [6.45, 7) is 1.77. The molecule has 7 heteroatoms. The van der Waals surface area contributed by atoms with E-state index in [4.69, 9.17) is 4.74 Å². The molecule has 3 aromatic rings. The van der Waals surface area contributed by atoms with Crippen LogP contribution in [0.15, 0.2) is 48.7 Å². The van der Waals surface area contributed by atoms with Crippen molar-refractivity contribution >= 4 is 16.8 Å². The van der Waals surface area contributed by atoms with Gasteiger partial charge in [-0.15, -0.1) is 0 Å². The molecule has 6 rings (SSSR count). The minimum absolute atomic E-state index is 0.00294. The van der Waals surface area contributed by atoms with Crippen LogP contribution >= 0.6 is 0 Å². The zero-order valence-electron chi connectivity index (χ0n) is 18.2. The van der Waals surface area contributed by atoms with Crippen molar-refractivity contribution in [3.8, 4) is 0 Å². The van der Waals surface area contributed by atoms with E-state index in [-0.39, 0.29) is 18.6 Å². The molecule has 3 aliphatic rings. The molecule has 33 heavy (non-hydrogen) atoms. The van der Waals surface area contributed by atoms with Crippen LogP contribution in [0.5, 0.6) is 0 Å². The second-order valence-corrected chi connectivity index (χ2v) is 9.29. The van der Waals surface area contributed by atoms with Gasteiger partial charge in [-0.05, 0) is 66.8 Å². The second kappa shape index (κ2) is 7.85. The second-order valence-electron chi connectivity index (χ2n) is 9.29. The van der Waals surface area contributed by atoms with Gasteiger partial charge in [0.05, 0.1) is 18.0 Å². The lowest BCUT2D eigenvalue weighted by atomic mass is 9.75. The zero-order valence-corrected chi connectivity index (χ0v) is 18.2. The molecule has 0 bridgehead atoms. The van der Waals surface area contributed by atoms with Crippen molar-refractivity contribution in [2.24, 2.45) is 5.92 Å². The molecular formula is C26H25F2N3O2. The molecule has 2 fully saturated rings. The number of piperidine rings is 1. The largest absolute Gasteiger partial charge is 0.365 e. The maximum absolute atomic E-state index is 14.2. The lowest BCUT2D eigenvalue weighted by Crippen LogP contribution is -2.55. The summed E-state index contributed by atoms with van der Waals surface area (Å²) in [5, 5.41) is 4.36. The summed E-state index contributed by atoms with van der Waals surface area (Å²) in [6, 6.07) is 12.6. The zero-order chi connectivity index (χ0) is 22.6. The number of ether oxygens (including phenoxy) is 1. The first kappa shape index (κ1) is 20.7. The van der Waals surface area contributed by atoms with Crippen molar-refractivity contribution in [1.29, 1.82) is 0 Å². The lowest BCUT2D eigenvalue weighted by molar-refractivity contribution is -0.157. The van der Waals surface area contributed by atoms with Crippen LogP contribution in [-0.4, -0.2) is 34.9 Å². The van der Waals surface area contributed by atoms with Crippen molar-refractivity contribution in [2.45, 2.75) is 44.1 Å². The predicted molar refractivity (Wildman–Crippen MR) is 119 cm³/mol. The number of halogens is 2. The van der Waals surface area contributed by atoms with E-state index in [1.54, 1.807) is 6.20 Å². The Hall–Kier alpha value is -2.90. The normalized spacial score (nSPS) is 24.2. The molecule has 1 saturated carbocycles. The molecule has 1 saturated heterocycles. The fraction of sp³-hybridized carbons (Fsp3) is 0.385. The highest BCUT2D eigenvalue weighted by Crippen LogP contribution is 2.48.